The van der Waals surface area contributed by atoms with Gasteiger partial charge in [0.25, 0.3) is 0 Å². The molecule has 0 heterocycles. The summed E-state index contributed by atoms with van der Waals surface area (Å²) in [6.07, 6.45) is 1.99. The molecule has 0 saturated carbocycles. The van der Waals surface area contributed by atoms with E-state index in [4.69, 9.17) is 22.1 Å². The third-order valence-corrected chi connectivity index (χ3v) is 2.62. The lowest BCUT2D eigenvalue weighted by molar-refractivity contribution is 0.414. The van der Waals surface area contributed by atoms with Crippen LogP contribution in [0.2, 0.25) is 5.02 Å². The highest BCUT2D eigenvalue weighted by atomic mass is 35.5. The summed E-state index contributed by atoms with van der Waals surface area (Å²) in [5, 5.41) is 0.635. The molecule has 0 aliphatic carbocycles. The zero-order chi connectivity index (χ0) is 10.6. The van der Waals surface area contributed by atoms with Gasteiger partial charge in [-0.1, -0.05) is 37.1 Å². The van der Waals surface area contributed by atoms with Crippen molar-refractivity contribution in [2.45, 2.75) is 25.8 Å². The van der Waals surface area contributed by atoms with Gasteiger partial charge in [-0.05, 0) is 18.1 Å². The molecule has 78 valence electrons. The predicted octanol–water partition coefficient (Wildman–Crippen LogP) is 3.15. The first-order valence-electron chi connectivity index (χ1n) is 4.78. The van der Waals surface area contributed by atoms with E-state index in [1.807, 2.05) is 18.2 Å². The van der Waals surface area contributed by atoms with Crippen LogP contribution in [-0.2, 0) is 0 Å². The SMILES string of the molecule is CCC[C@@H](N)c1cccc(OC)c1Cl. The Balaban J connectivity index is 2.96. The van der Waals surface area contributed by atoms with E-state index in [0.29, 0.717) is 10.8 Å². The van der Waals surface area contributed by atoms with Gasteiger partial charge in [-0.3, -0.25) is 0 Å². The molecule has 1 atom stereocenters. The van der Waals surface area contributed by atoms with Crippen LogP contribution < -0.4 is 10.5 Å². The van der Waals surface area contributed by atoms with Crippen molar-refractivity contribution in [2.24, 2.45) is 5.73 Å². The number of halogens is 1. The first kappa shape index (κ1) is 11.3. The number of rotatable bonds is 4. The first-order chi connectivity index (χ1) is 6.70. The Kier molecular flexibility index (Phi) is 4.23. The normalized spacial score (nSPS) is 12.6. The lowest BCUT2D eigenvalue weighted by Crippen LogP contribution is -2.10. The van der Waals surface area contributed by atoms with E-state index in [2.05, 4.69) is 6.92 Å². The number of methoxy groups -OCH3 is 1. The fraction of sp³-hybridized carbons (Fsp3) is 0.455. The summed E-state index contributed by atoms with van der Waals surface area (Å²) in [6, 6.07) is 5.70. The standard InChI is InChI=1S/C11H16ClNO/c1-3-5-9(13)8-6-4-7-10(14-2)11(8)12/h4,6-7,9H,3,5,13H2,1-2H3/t9-/m1/s1. The molecule has 3 heteroatoms. The second-order valence-electron chi connectivity index (χ2n) is 3.26. The van der Waals surface area contributed by atoms with Crippen molar-refractivity contribution in [3.63, 3.8) is 0 Å². The van der Waals surface area contributed by atoms with Crippen molar-refractivity contribution in [3.8, 4) is 5.75 Å². The molecule has 0 radical (unpaired) electrons. The van der Waals surface area contributed by atoms with Gasteiger partial charge in [0.15, 0.2) is 0 Å². The highest BCUT2D eigenvalue weighted by molar-refractivity contribution is 6.32. The molecular weight excluding hydrogens is 198 g/mol. The summed E-state index contributed by atoms with van der Waals surface area (Å²) in [4.78, 5) is 0. The third kappa shape index (κ3) is 2.40. The number of benzene rings is 1. The van der Waals surface area contributed by atoms with Crippen LogP contribution in [0.4, 0.5) is 0 Å². The highest BCUT2D eigenvalue weighted by Gasteiger charge is 2.12. The molecule has 0 spiro atoms. The quantitative estimate of drug-likeness (QED) is 0.834. The summed E-state index contributed by atoms with van der Waals surface area (Å²) in [6.45, 7) is 2.11. The summed E-state index contributed by atoms with van der Waals surface area (Å²) in [7, 11) is 1.61. The molecule has 2 N–H and O–H groups in total. The summed E-state index contributed by atoms with van der Waals surface area (Å²) in [5.41, 5.74) is 6.96. The molecule has 0 unspecified atom stereocenters. The Labute approximate surface area is 90.0 Å². The average molecular weight is 214 g/mol. The van der Waals surface area contributed by atoms with Gasteiger partial charge in [0.1, 0.15) is 5.75 Å². The van der Waals surface area contributed by atoms with Gasteiger partial charge >= 0.3 is 0 Å². The van der Waals surface area contributed by atoms with E-state index in [9.17, 15) is 0 Å². The summed E-state index contributed by atoms with van der Waals surface area (Å²) >= 11 is 6.13. The number of ether oxygens (including phenoxy) is 1. The fourth-order valence-electron chi connectivity index (χ4n) is 1.44. The van der Waals surface area contributed by atoms with Crippen molar-refractivity contribution >= 4 is 11.6 Å². The lowest BCUT2D eigenvalue weighted by atomic mass is 10.0. The van der Waals surface area contributed by atoms with E-state index < -0.39 is 0 Å². The van der Waals surface area contributed by atoms with Crippen LogP contribution >= 0.6 is 11.6 Å². The van der Waals surface area contributed by atoms with Crippen molar-refractivity contribution in [1.29, 1.82) is 0 Å². The molecule has 0 aromatic heterocycles. The number of hydrogen-bond acceptors (Lipinski definition) is 2. The van der Waals surface area contributed by atoms with Crippen molar-refractivity contribution in [2.75, 3.05) is 7.11 Å². The molecule has 1 aromatic rings. The zero-order valence-electron chi connectivity index (χ0n) is 8.59. The molecule has 0 amide bonds. The second kappa shape index (κ2) is 5.23. The third-order valence-electron chi connectivity index (χ3n) is 2.21. The van der Waals surface area contributed by atoms with Gasteiger partial charge < -0.3 is 10.5 Å². The van der Waals surface area contributed by atoms with Crippen LogP contribution in [0, 0.1) is 0 Å². The minimum Gasteiger partial charge on any atom is -0.495 e. The fourth-order valence-corrected chi connectivity index (χ4v) is 1.78. The van der Waals surface area contributed by atoms with E-state index in [1.165, 1.54) is 0 Å². The summed E-state index contributed by atoms with van der Waals surface area (Å²) in [5.74, 6) is 0.690. The van der Waals surface area contributed by atoms with E-state index in [0.717, 1.165) is 18.4 Å². The van der Waals surface area contributed by atoms with Crippen molar-refractivity contribution < 1.29 is 4.74 Å². The number of hydrogen-bond donors (Lipinski definition) is 1. The largest absolute Gasteiger partial charge is 0.495 e. The van der Waals surface area contributed by atoms with Gasteiger partial charge in [0.05, 0.1) is 12.1 Å². The lowest BCUT2D eigenvalue weighted by Gasteiger charge is -2.14. The average Bonchev–Trinajstić information content (AvgIpc) is 2.18. The highest BCUT2D eigenvalue weighted by Crippen LogP contribution is 2.32. The van der Waals surface area contributed by atoms with Crippen molar-refractivity contribution in [1.82, 2.24) is 0 Å². The molecule has 0 aliphatic rings. The maximum Gasteiger partial charge on any atom is 0.137 e. The first-order valence-corrected chi connectivity index (χ1v) is 5.16. The molecule has 1 rings (SSSR count). The van der Waals surface area contributed by atoms with Crippen LogP contribution in [-0.4, -0.2) is 7.11 Å². The topological polar surface area (TPSA) is 35.2 Å². The van der Waals surface area contributed by atoms with E-state index in [-0.39, 0.29) is 6.04 Å². The smallest absolute Gasteiger partial charge is 0.137 e. The van der Waals surface area contributed by atoms with Gasteiger partial charge in [-0.15, -0.1) is 0 Å². The Morgan fingerprint density at radius 1 is 1.50 bits per heavy atom. The van der Waals surface area contributed by atoms with Gasteiger partial charge in [0, 0.05) is 6.04 Å². The monoisotopic (exact) mass is 213 g/mol. The van der Waals surface area contributed by atoms with Gasteiger partial charge in [-0.25, -0.2) is 0 Å². The van der Waals surface area contributed by atoms with Gasteiger partial charge in [-0.2, -0.15) is 0 Å². The Morgan fingerprint density at radius 3 is 2.79 bits per heavy atom. The number of nitrogens with two attached hydrogens (primary N) is 1. The maximum absolute atomic E-state index is 6.13. The molecule has 0 aliphatic heterocycles. The molecule has 2 nitrogen and oxygen atoms in total. The van der Waals surface area contributed by atoms with Crippen molar-refractivity contribution in [3.05, 3.63) is 28.8 Å². The molecule has 14 heavy (non-hydrogen) atoms. The Bertz CT molecular complexity index is 301. The van der Waals surface area contributed by atoms with E-state index >= 15 is 0 Å². The van der Waals surface area contributed by atoms with Crippen LogP contribution in [0.15, 0.2) is 18.2 Å². The Hall–Kier alpha value is -0.730. The minimum absolute atomic E-state index is 0.00241. The van der Waals surface area contributed by atoms with E-state index in [1.54, 1.807) is 7.11 Å². The Morgan fingerprint density at radius 2 is 2.21 bits per heavy atom. The van der Waals surface area contributed by atoms with Crippen LogP contribution in [0.5, 0.6) is 5.75 Å². The van der Waals surface area contributed by atoms with Gasteiger partial charge in [0.2, 0.25) is 0 Å². The molecule has 1 aromatic carbocycles. The second-order valence-corrected chi connectivity index (χ2v) is 3.64. The maximum atomic E-state index is 6.13. The zero-order valence-corrected chi connectivity index (χ0v) is 9.34. The van der Waals surface area contributed by atoms with Crippen LogP contribution in [0.3, 0.4) is 0 Å². The van der Waals surface area contributed by atoms with Crippen LogP contribution in [0.25, 0.3) is 0 Å². The molecule has 0 fully saturated rings. The predicted molar refractivity (Wildman–Crippen MR) is 59.8 cm³/mol. The van der Waals surface area contributed by atoms with Crippen LogP contribution in [0.1, 0.15) is 31.4 Å². The molecule has 0 saturated heterocycles. The molecular formula is C11H16ClNO. The minimum atomic E-state index is 0.00241. The summed E-state index contributed by atoms with van der Waals surface area (Å²) < 4.78 is 5.13. The molecule has 0 bridgehead atoms.